The molecule has 5 heteroatoms. The van der Waals surface area contributed by atoms with Crippen LogP contribution in [0.4, 0.5) is 0 Å². The molecule has 0 fully saturated rings. The quantitative estimate of drug-likeness (QED) is 0.433. The first-order chi connectivity index (χ1) is 15.9. The molecule has 4 rings (SSSR count). The van der Waals surface area contributed by atoms with Crippen molar-refractivity contribution in [3.63, 3.8) is 0 Å². The Morgan fingerprint density at radius 1 is 0.909 bits per heavy atom. The molecule has 3 aromatic rings. The van der Waals surface area contributed by atoms with Gasteiger partial charge in [0.05, 0.1) is 28.8 Å². The van der Waals surface area contributed by atoms with Crippen LogP contribution in [0.5, 0.6) is 0 Å². The van der Waals surface area contributed by atoms with Gasteiger partial charge in [-0.15, -0.1) is 0 Å². The van der Waals surface area contributed by atoms with E-state index in [4.69, 9.17) is 15.1 Å². The summed E-state index contributed by atoms with van der Waals surface area (Å²) in [5.74, 6) is -0.710. The fourth-order valence-electron chi connectivity index (χ4n) is 4.52. The Hall–Kier alpha value is -3.05. The molecule has 5 nitrogen and oxygen atoms in total. The zero-order valence-electron chi connectivity index (χ0n) is 19.8. The summed E-state index contributed by atoms with van der Waals surface area (Å²) in [6.45, 7) is 8.33. The highest BCUT2D eigenvalue weighted by atomic mass is 16.4. The Labute approximate surface area is 196 Å². The van der Waals surface area contributed by atoms with E-state index in [9.17, 15) is 4.79 Å². The van der Waals surface area contributed by atoms with Gasteiger partial charge in [0.25, 0.3) is 0 Å². The minimum Gasteiger partial charge on any atom is -0.481 e. The Bertz CT molecular complexity index is 1110. The lowest BCUT2D eigenvalue weighted by atomic mass is 9.98. The maximum absolute atomic E-state index is 10.7. The summed E-state index contributed by atoms with van der Waals surface area (Å²) in [4.78, 5) is 23.6. The van der Waals surface area contributed by atoms with Crippen molar-refractivity contribution in [2.75, 3.05) is 13.1 Å². The number of aliphatic carboxylic acids is 1. The first kappa shape index (κ1) is 23.1. The number of nitrogens with zero attached hydrogens (tertiary/aromatic N) is 3. The predicted octanol–water partition coefficient (Wildman–Crippen LogP) is 5.99. The van der Waals surface area contributed by atoms with E-state index in [1.165, 1.54) is 11.1 Å². The van der Waals surface area contributed by atoms with E-state index in [0.29, 0.717) is 0 Å². The number of carbonyl (C=O) groups is 1. The fourth-order valence-corrected chi connectivity index (χ4v) is 4.52. The largest absolute Gasteiger partial charge is 0.481 e. The van der Waals surface area contributed by atoms with Crippen LogP contribution in [0.25, 0.3) is 22.5 Å². The van der Waals surface area contributed by atoms with Crippen molar-refractivity contribution in [3.8, 4) is 22.5 Å². The van der Waals surface area contributed by atoms with Gasteiger partial charge in [-0.05, 0) is 40.2 Å². The maximum Gasteiger partial charge on any atom is 0.303 e. The molecule has 2 aromatic carbocycles. The van der Waals surface area contributed by atoms with Gasteiger partial charge in [-0.25, -0.2) is 9.97 Å². The van der Waals surface area contributed by atoms with Crippen LogP contribution in [-0.4, -0.2) is 39.0 Å². The average molecular weight is 444 g/mol. The highest BCUT2D eigenvalue weighted by Crippen LogP contribution is 2.35. The van der Waals surface area contributed by atoms with Crippen molar-refractivity contribution in [1.29, 1.82) is 0 Å². The van der Waals surface area contributed by atoms with Gasteiger partial charge >= 0.3 is 5.97 Å². The number of hydrogen-bond acceptors (Lipinski definition) is 4. The second kappa shape index (κ2) is 10.3. The van der Waals surface area contributed by atoms with E-state index in [-0.39, 0.29) is 12.5 Å². The molecule has 0 radical (unpaired) electrons. The number of carboxylic acids is 1. The van der Waals surface area contributed by atoms with Gasteiger partial charge in [0.1, 0.15) is 0 Å². The molecule has 1 unspecified atom stereocenters. The van der Waals surface area contributed by atoms with Crippen LogP contribution in [0.2, 0.25) is 0 Å². The lowest BCUT2D eigenvalue weighted by Crippen LogP contribution is -2.36. The molecule has 0 bridgehead atoms. The third-order valence-electron chi connectivity index (χ3n) is 6.56. The van der Waals surface area contributed by atoms with Crippen molar-refractivity contribution in [2.45, 2.75) is 58.9 Å². The van der Waals surface area contributed by atoms with Crippen LogP contribution in [0.15, 0.2) is 48.5 Å². The molecule has 1 N–H and O–H groups in total. The second-order valence-corrected chi connectivity index (χ2v) is 9.15. The normalized spacial score (nSPS) is 15.9. The van der Waals surface area contributed by atoms with Crippen LogP contribution < -0.4 is 0 Å². The van der Waals surface area contributed by atoms with E-state index in [1.807, 2.05) is 0 Å². The standard InChI is InChI=1S/C28H33N3O2/c1-19-8-12-22(13-9-19)27-28(23-14-10-20(2)11-15-23)30-26-21(3)31(18-16-24(26)29-27)17-6-4-5-7-25(32)33/h8-15,21H,4-7,16-18H2,1-3H3,(H,32,33). The number of aromatic nitrogens is 2. The number of hydrogen-bond donors (Lipinski definition) is 1. The summed E-state index contributed by atoms with van der Waals surface area (Å²) in [6.07, 6.45) is 3.83. The molecule has 0 aliphatic carbocycles. The van der Waals surface area contributed by atoms with Crippen molar-refractivity contribution >= 4 is 5.97 Å². The molecule has 1 aromatic heterocycles. The van der Waals surface area contributed by atoms with Gasteiger partial charge in [0, 0.05) is 30.5 Å². The lowest BCUT2D eigenvalue weighted by Gasteiger charge is -2.34. The number of fused-ring (bicyclic) bond motifs is 1. The molecule has 172 valence electrons. The predicted molar refractivity (Wildman–Crippen MR) is 132 cm³/mol. The molecule has 0 spiro atoms. The summed E-state index contributed by atoms with van der Waals surface area (Å²) in [7, 11) is 0. The first-order valence-corrected chi connectivity index (χ1v) is 11.9. The molecule has 33 heavy (non-hydrogen) atoms. The smallest absolute Gasteiger partial charge is 0.303 e. The van der Waals surface area contributed by atoms with Gasteiger partial charge < -0.3 is 5.11 Å². The first-order valence-electron chi connectivity index (χ1n) is 11.9. The third kappa shape index (κ3) is 5.48. The highest BCUT2D eigenvalue weighted by molar-refractivity contribution is 5.78. The van der Waals surface area contributed by atoms with E-state index >= 15 is 0 Å². The zero-order valence-corrected chi connectivity index (χ0v) is 19.8. The lowest BCUT2D eigenvalue weighted by molar-refractivity contribution is -0.137. The van der Waals surface area contributed by atoms with Crippen LogP contribution in [0.3, 0.4) is 0 Å². The van der Waals surface area contributed by atoms with Crippen molar-refractivity contribution in [3.05, 3.63) is 71.0 Å². The number of benzene rings is 2. The Morgan fingerprint density at radius 2 is 1.48 bits per heavy atom. The summed E-state index contributed by atoms with van der Waals surface area (Å²) in [5, 5.41) is 8.84. The molecule has 1 atom stereocenters. The Balaban J connectivity index is 1.64. The third-order valence-corrected chi connectivity index (χ3v) is 6.56. The van der Waals surface area contributed by atoms with E-state index in [0.717, 1.165) is 72.7 Å². The molecule has 1 aliphatic rings. The SMILES string of the molecule is Cc1ccc(-c2nc3c(nc2-c2ccc(C)cc2)C(C)N(CCCCCC(=O)O)CC3)cc1. The van der Waals surface area contributed by atoms with Crippen molar-refractivity contribution in [1.82, 2.24) is 14.9 Å². The molecule has 0 saturated heterocycles. The second-order valence-electron chi connectivity index (χ2n) is 9.15. The fraction of sp³-hybridized carbons (Fsp3) is 0.393. The van der Waals surface area contributed by atoms with Gasteiger partial charge in [-0.3, -0.25) is 9.69 Å². The van der Waals surface area contributed by atoms with Crippen LogP contribution >= 0.6 is 0 Å². The molecule has 1 aliphatic heterocycles. The van der Waals surface area contributed by atoms with E-state index < -0.39 is 5.97 Å². The van der Waals surface area contributed by atoms with E-state index in [2.05, 4.69) is 74.2 Å². The van der Waals surface area contributed by atoms with Crippen LogP contribution in [0.1, 0.15) is 61.2 Å². The van der Waals surface area contributed by atoms with Gasteiger partial charge in [0.15, 0.2) is 0 Å². The minimum absolute atomic E-state index is 0.192. The highest BCUT2D eigenvalue weighted by Gasteiger charge is 2.28. The average Bonchev–Trinajstić information content (AvgIpc) is 2.80. The van der Waals surface area contributed by atoms with Crippen LogP contribution in [-0.2, 0) is 11.2 Å². The van der Waals surface area contributed by atoms with Crippen molar-refractivity contribution in [2.24, 2.45) is 0 Å². The van der Waals surface area contributed by atoms with E-state index in [1.54, 1.807) is 0 Å². The minimum atomic E-state index is -0.710. The summed E-state index contributed by atoms with van der Waals surface area (Å²) >= 11 is 0. The van der Waals surface area contributed by atoms with Gasteiger partial charge in [-0.2, -0.15) is 0 Å². The summed E-state index contributed by atoms with van der Waals surface area (Å²) < 4.78 is 0. The van der Waals surface area contributed by atoms with Crippen LogP contribution in [0, 0.1) is 13.8 Å². The monoisotopic (exact) mass is 443 g/mol. The maximum atomic E-state index is 10.7. The molecule has 0 saturated carbocycles. The molecular weight excluding hydrogens is 410 g/mol. The summed E-state index contributed by atoms with van der Waals surface area (Å²) in [6, 6.07) is 17.3. The number of aryl methyl sites for hydroxylation is 2. The number of rotatable bonds is 8. The zero-order chi connectivity index (χ0) is 23.4. The molecule has 2 heterocycles. The number of carboxylic acid groups (broad SMARTS) is 1. The number of unbranched alkanes of at least 4 members (excludes halogenated alkanes) is 2. The summed E-state index contributed by atoms with van der Waals surface area (Å²) in [5.41, 5.74) is 8.69. The Kier molecular flexibility index (Phi) is 7.19. The van der Waals surface area contributed by atoms with Gasteiger partial charge in [0.2, 0.25) is 0 Å². The topological polar surface area (TPSA) is 66.3 Å². The van der Waals surface area contributed by atoms with Gasteiger partial charge in [-0.1, -0.05) is 66.1 Å². The van der Waals surface area contributed by atoms with Crippen molar-refractivity contribution < 1.29 is 9.90 Å². The Morgan fingerprint density at radius 3 is 2.06 bits per heavy atom. The molecular formula is C28H33N3O2. The molecule has 0 amide bonds.